The van der Waals surface area contributed by atoms with Crippen LogP contribution < -0.4 is 16.3 Å². The van der Waals surface area contributed by atoms with Crippen LogP contribution in [0.1, 0.15) is 137 Å². The first-order valence-electron chi connectivity index (χ1n) is 26.3. The predicted molar refractivity (Wildman–Crippen MR) is 276 cm³/mol. The molecule has 378 valence electrons. The lowest BCUT2D eigenvalue weighted by molar-refractivity contribution is -0.136. The molecule has 4 fully saturated rings. The van der Waals surface area contributed by atoms with Gasteiger partial charge in [-0.3, -0.25) is 43.3 Å². The molecule has 5 aromatic rings. The fourth-order valence-corrected chi connectivity index (χ4v) is 11.5. The van der Waals surface area contributed by atoms with Crippen LogP contribution in [0.15, 0.2) is 83.7 Å². The normalized spacial score (nSPS) is 19.0. The van der Waals surface area contributed by atoms with E-state index in [1.54, 1.807) is 17.7 Å². The second-order valence-corrected chi connectivity index (χ2v) is 20.5. The molecule has 0 bridgehead atoms. The van der Waals surface area contributed by atoms with Crippen LogP contribution in [0.4, 0.5) is 4.39 Å². The van der Waals surface area contributed by atoms with Gasteiger partial charge in [0.25, 0.3) is 0 Å². The maximum Gasteiger partial charge on any atom is 0.329 e. The molecule has 2 unspecified atom stereocenters. The van der Waals surface area contributed by atoms with Crippen LogP contribution in [-0.4, -0.2) is 92.6 Å². The Kier molecular flexibility index (Phi) is 16.0. The Labute approximate surface area is 421 Å². The molecule has 14 heteroatoms. The fraction of sp³-hybridized carbons (Fsp3) is 0.483. The monoisotopic (exact) mass is 978 g/mol. The summed E-state index contributed by atoms with van der Waals surface area (Å²) >= 11 is 0. The number of nitrogens with zero attached hydrogens (tertiary/aromatic N) is 5. The van der Waals surface area contributed by atoms with Gasteiger partial charge in [0, 0.05) is 82.5 Å². The molecular weight excluding hydrogens is 910 g/mol. The zero-order chi connectivity index (χ0) is 50.3. The Morgan fingerprint density at radius 3 is 2.10 bits per heavy atom. The molecule has 2 N–H and O–H groups in total. The number of fused-ring (bicyclic) bond motifs is 2. The summed E-state index contributed by atoms with van der Waals surface area (Å²) in [5, 5.41) is 7.70. The lowest BCUT2D eigenvalue weighted by Gasteiger charge is -2.36. The van der Waals surface area contributed by atoms with Crippen molar-refractivity contribution in [1.29, 1.82) is 0 Å². The molecular formula is C58H68FN7O6. The van der Waals surface area contributed by atoms with Crippen molar-refractivity contribution in [1.82, 2.24) is 34.5 Å². The molecule has 4 aliphatic rings. The molecule has 0 radical (unpaired) electrons. The van der Waals surface area contributed by atoms with E-state index in [2.05, 4.69) is 70.7 Å². The summed E-state index contributed by atoms with van der Waals surface area (Å²) < 4.78 is 16.7. The summed E-state index contributed by atoms with van der Waals surface area (Å²) in [7, 11) is 1.71. The first-order chi connectivity index (χ1) is 34.9. The summed E-state index contributed by atoms with van der Waals surface area (Å²) in [6, 6.07) is 24.6. The number of halogens is 1. The minimum absolute atomic E-state index is 0.0339. The molecule has 5 heterocycles. The summed E-state index contributed by atoms with van der Waals surface area (Å²) in [5.41, 5.74) is 5.30. The van der Waals surface area contributed by atoms with Gasteiger partial charge in [0.15, 0.2) is 0 Å². The molecule has 0 saturated carbocycles. The van der Waals surface area contributed by atoms with Crippen LogP contribution in [0.5, 0.6) is 0 Å². The number of unbranched alkanes of at least 4 members (excludes halogenated alkanes) is 3. The van der Waals surface area contributed by atoms with Crippen molar-refractivity contribution >= 4 is 51.3 Å². The molecule has 72 heavy (non-hydrogen) atoms. The number of piperidine rings is 4. The molecule has 4 aromatic carbocycles. The minimum Gasteiger partial charge on any atom is -0.352 e. The van der Waals surface area contributed by atoms with Crippen LogP contribution in [-0.2, 0) is 37.6 Å². The van der Waals surface area contributed by atoms with Gasteiger partial charge in [0.1, 0.15) is 11.9 Å². The second-order valence-electron chi connectivity index (χ2n) is 20.5. The van der Waals surface area contributed by atoms with E-state index in [0.29, 0.717) is 44.4 Å². The van der Waals surface area contributed by atoms with Crippen LogP contribution in [0.3, 0.4) is 0 Å². The van der Waals surface area contributed by atoms with Crippen LogP contribution >= 0.6 is 0 Å². The number of imidazole rings is 1. The largest absolute Gasteiger partial charge is 0.352 e. The third kappa shape index (κ3) is 11.5. The Hall–Kier alpha value is -6.59. The van der Waals surface area contributed by atoms with Crippen molar-refractivity contribution in [3.63, 3.8) is 0 Å². The molecule has 0 aliphatic carbocycles. The molecule has 5 amide bonds. The average Bonchev–Trinajstić information content (AvgIpc) is 3.65. The highest BCUT2D eigenvalue weighted by molar-refractivity contribution is 6.00. The number of carbonyl (C=O) groups excluding carboxylic acids is 5. The second kappa shape index (κ2) is 22.9. The Morgan fingerprint density at radius 2 is 1.42 bits per heavy atom. The van der Waals surface area contributed by atoms with Crippen LogP contribution in [0.2, 0.25) is 0 Å². The van der Waals surface area contributed by atoms with Gasteiger partial charge in [0.2, 0.25) is 29.5 Å². The van der Waals surface area contributed by atoms with Gasteiger partial charge in [-0.05, 0) is 142 Å². The summed E-state index contributed by atoms with van der Waals surface area (Å²) in [6.07, 6.45) is 9.97. The number of hydrogen-bond acceptors (Lipinski definition) is 7. The maximum atomic E-state index is 13.6. The Balaban J connectivity index is 0.665. The minimum atomic E-state index is -0.715. The first-order valence-corrected chi connectivity index (χ1v) is 26.3. The zero-order valence-corrected chi connectivity index (χ0v) is 41.8. The quantitative estimate of drug-likeness (QED) is 0.0651. The SMILES string of the molecule is CC(c1ccc(C#CC2CCN(C(=O)CCCCCCC(=O)N3CCC(c4ccc5c(c4)n(C)c(=O)n5C4CCC(=O)NC4=O)CC3)CC2)c2ccccc12)N1CCC(C(=O)NCc2cccc(F)c2)CC1. The number of amides is 5. The standard InChI is InChI=1S/C58H68FN7O6/c1-39(63-32-28-44(29-33-63)56(70)60-38-41-10-9-11-46(59)36-41)47-20-18-43(48-12-7-8-13-49(47)48)17-16-40-24-30-64(31-25-40)54(68)14-5-3-4-6-15-55(69)65-34-26-42(27-35-65)45-19-21-50-52(37-45)62(2)58(72)66(50)51-22-23-53(67)61-57(51)71/h7-13,18-21,36-37,39-40,42,44,51H,3-6,14-15,22-35,38H2,1-2H3,(H,60,70)(H,61,67,71). The molecule has 1 aromatic heterocycles. The third-order valence-electron chi connectivity index (χ3n) is 16.0. The Bertz CT molecular complexity index is 2940. The zero-order valence-electron chi connectivity index (χ0n) is 41.8. The van der Waals surface area contributed by atoms with Crippen LogP contribution in [0, 0.1) is 29.5 Å². The highest BCUT2D eigenvalue weighted by Crippen LogP contribution is 2.34. The number of rotatable bonds is 14. The smallest absolute Gasteiger partial charge is 0.329 e. The first kappa shape index (κ1) is 50.4. The van der Waals surface area contributed by atoms with Gasteiger partial charge >= 0.3 is 5.69 Å². The molecule has 2 atom stereocenters. The van der Waals surface area contributed by atoms with E-state index in [-0.39, 0.29) is 65.4 Å². The van der Waals surface area contributed by atoms with E-state index in [0.717, 1.165) is 118 Å². The van der Waals surface area contributed by atoms with Gasteiger partial charge in [-0.25, -0.2) is 9.18 Å². The summed E-state index contributed by atoms with van der Waals surface area (Å²) in [6.45, 7) is 7.04. The topological polar surface area (TPSA) is 146 Å². The highest BCUT2D eigenvalue weighted by Gasteiger charge is 2.33. The Morgan fingerprint density at radius 1 is 0.736 bits per heavy atom. The number of aryl methyl sites for hydroxylation is 1. The van der Waals surface area contributed by atoms with Gasteiger partial charge in [-0.2, -0.15) is 0 Å². The third-order valence-corrected chi connectivity index (χ3v) is 16.0. The van der Waals surface area contributed by atoms with E-state index in [1.165, 1.54) is 27.6 Å². The van der Waals surface area contributed by atoms with E-state index in [4.69, 9.17) is 0 Å². The van der Waals surface area contributed by atoms with Gasteiger partial charge < -0.3 is 15.1 Å². The molecule has 9 rings (SSSR count). The number of nitrogens with one attached hydrogen (secondary N) is 2. The molecule has 0 spiro atoms. The molecule has 4 saturated heterocycles. The maximum absolute atomic E-state index is 13.6. The van der Waals surface area contributed by atoms with E-state index >= 15 is 0 Å². The van der Waals surface area contributed by atoms with Crippen LogP contribution in [0.25, 0.3) is 21.8 Å². The number of likely N-dealkylation sites (tertiary alicyclic amines) is 3. The number of carbonyl (C=O) groups is 5. The van der Waals surface area contributed by atoms with E-state index in [1.807, 2.05) is 34.1 Å². The average molecular weight is 978 g/mol. The van der Waals surface area contributed by atoms with E-state index < -0.39 is 11.9 Å². The lowest BCUT2D eigenvalue weighted by Crippen LogP contribution is -2.44. The molecule has 4 aliphatic heterocycles. The highest BCUT2D eigenvalue weighted by atomic mass is 19.1. The van der Waals surface area contributed by atoms with Crippen molar-refractivity contribution in [2.45, 2.75) is 121 Å². The van der Waals surface area contributed by atoms with Crippen molar-refractivity contribution in [3.8, 4) is 11.8 Å². The van der Waals surface area contributed by atoms with Gasteiger partial charge in [-0.15, -0.1) is 0 Å². The number of hydrogen-bond donors (Lipinski definition) is 2. The van der Waals surface area contributed by atoms with Gasteiger partial charge in [0.05, 0.1) is 11.0 Å². The predicted octanol–water partition coefficient (Wildman–Crippen LogP) is 8.04. The lowest BCUT2D eigenvalue weighted by atomic mass is 9.89. The number of imide groups is 1. The van der Waals surface area contributed by atoms with Crippen molar-refractivity contribution in [2.24, 2.45) is 18.9 Å². The fourth-order valence-electron chi connectivity index (χ4n) is 11.5. The summed E-state index contributed by atoms with van der Waals surface area (Å²) in [5.74, 6) is 6.88. The van der Waals surface area contributed by atoms with Crippen molar-refractivity contribution < 1.29 is 28.4 Å². The number of benzene rings is 4. The van der Waals surface area contributed by atoms with Crippen molar-refractivity contribution in [3.05, 3.63) is 117 Å². The van der Waals surface area contributed by atoms with E-state index in [9.17, 15) is 33.2 Å². The molecule has 13 nitrogen and oxygen atoms in total. The van der Waals surface area contributed by atoms with Crippen molar-refractivity contribution in [2.75, 3.05) is 39.3 Å². The number of aromatic nitrogens is 2. The van der Waals surface area contributed by atoms with Gasteiger partial charge in [-0.1, -0.05) is 73.2 Å². The summed E-state index contributed by atoms with van der Waals surface area (Å²) in [4.78, 5) is 83.3.